The number of benzene rings is 2. The van der Waals surface area contributed by atoms with Crippen molar-refractivity contribution in [2.75, 3.05) is 11.1 Å². The highest BCUT2D eigenvalue weighted by molar-refractivity contribution is 5.93. The molecule has 0 spiro atoms. The molecule has 0 aliphatic rings. The lowest BCUT2D eigenvalue weighted by molar-refractivity contribution is -0.115. The molecular weight excluding hydrogens is 236 g/mol. The number of aryl methyl sites for hydroxylation is 2. The number of rotatable bonds is 3. The van der Waals surface area contributed by atoms with E-state index in [1.807, 2.05) is 56.3 Å². The third-order valence-corrected chi connectivity index (χ3v) is 3.09. The van der Waals surface area contributed by atoms with E-state index in [1.165, 1.54) is 0 Å². The first kappa shape index (κ1) is 13.1. The van der Waals surface area contributed by atoms with Crippen molar-refractivity contribution in [3.8, 4) is 0 Å². The second-order valence-corrected chi connectivity index (χ2v) is 4.73. The minimum atomic E-state index is -0.0119. The molecule has 0 heterocycles. The highest BCUT2D eigenvalue weighted by Crippen LogP contribution is 2.19. The zero-order chi connectivity index (χ0) is 13.8. The first-order chi connectivity index (χ1) is 9.06. The molecule has 0 aromatic heterocycles. The van der Waals surface area contributed by atoms with E-state index in [9.17, 15) is 4.79 Å². The molecule has 0 unspecified atom stereocenters. The summed E-state index contributed by atoms with van der Waals surface area (Å²) < 4.78 is 0. The van der Waals surface area contributed by atoms with Crippen molar-refractivity contribution < 1.29 is 4.79 Å². The predicted octanol–water partition coefficient (Wildman–Crippen LogP) is 3.07. The maximum atomic E-state index is 12.0. The van der Waals surface area contributed by atoms with Crippen molar-refractivity contribution in [3.05, 3.63) is 59.2 Å². The Morgan fingerprint density at radius 1 is 1.05 bits per heavy atom. The van der Waals surface area contributed by atoms with Gasteiger partial charge in [0.1, 0.15) is 0 Å². The lowest BCUT2D eigenvalue weighted by atomic mass is 10.1. The number of amides is 1. The molecule has 0 atom stereocenters. The van der Waals surface area contributed by atoms with Crippen molar-refractivity contribution in [2.24, 2.45) is 0 Å². The van der Waals surface area contributed by atoms with Crippen LogP contribution in [0.5, 0.6) is 0 Å². The van der Waals surface area contributed by atoms with Gasteiger partial charge in [-0.1, -0.05) is 30.3 Å². The van der Waals surface area contributed by atoms with E-state index < -0.39 is 0 Å². The van der Waals surface area contributed by atoms with Crippen LogP contribution in [0.4, 0.5) is 11.4 Å². The van der Waals surface area contributed by atoms with E-state index in [4.69, 9.17) is 5.73 Å². The number of hydrogen-bond donors (Lipinski definition) is 2. The van der Waals surface area contributed by atoms with Crippen LogP contribution in [0.3, 0.4) is 0 Å². The van der Waals surface area contributed by atoms with Gasteiger partial charge < -0.3 is 11.1 Å². The number of carbonyl (C=O) groups is 1. The van der Waals surface area contributed by atoms with E-state index in [-0.39, 0.29) is 5.91 Å². The summed E-state index contributed by atoms with van der Waals surface area (Å²) in [6.07, 6.45) is 0.355. The summed E-state index contributed by atoms with van der Waals surface area (Å²) >= 11 is 0. The fraction of sp³-hybridized carbons (Fsp3) is 0.188. The van der Waals surface area contributed by atoms with E-state index in [0.717, 1.165) is 22.4 Å². The van der Waals surface area contributed by atoms with Gasteiger partial charge in [0, 0.05) is 11.4 Å². The van der Waals surface area contributed by atoms with Crippen LogP contribution in [-0.2, 0) is 11.2 Å². The largest absolute Gasteiger partial charge is 0.399 e. The molecule has 0 saturated heterocycles. The van der Waals surface area contributed by atoms with Gasteiger partial charge in [-0.05, 0) is 42.7 Å². The van der Waals surface area contributed by atoms with Gasteiger partial charge in [-0.15, -0.1) is 0 Å². The smallest absolute Gasteiger partial charge is 0.228 e. The van der Waals surface area contributed by atoms with Gasteiger partial charge in [-0.25, -0.2) is 0 Å². The molecule has 0 bridgehead atoms. The fourth-order valence-corrected chi connectivity index (χ4v) is 2.02. The van der Waals surface area contributed by atoms with E-state index >= 15 is 0 Å². The molecule has 0 radical (unpaired) electrons. The average molecular weight is 254 g/mol. The first-order valence-electron chi connectivity index (χ1n) is 6.27. The second-order valence-electron chi connectivity index (χ2n) is 4.73. The third-order valence-electron chi connectivity index (χ3n) is 3.09. The number of nitrogens with two attached hydrogens (primary N) is 1. The fourth-order valence-electron chi connectivity index (χ4n) is 2.02. The van der Waals surface area contributed by atoms with Crippen LogP contribution in [0.1, 0.15) is 16.7 Å². The molecule has 0 fully saturated rings. The molecule has 19 heavy (non-hydrogen) atoms. The molecule has 3 nitrogen and oxygen atoms in total. The highest BCUT2D eigenvalue weighted by Gasteiger charge is 2.07. The van der Waals surface area contributed by atoms with Gasteiger partial charge in [0.15, 0.2) is 0 Å². The van der Waals surface area contributed by atoms with Crippen LogP contribution in [0, 0.1) is 13.8 Å². The van der Waals surface area contributed by atoms with E-state index in [2.05, 4.69) is 5.32 Å². The molecule has 0 aliphatic carbocycles. The topological polar surface area (TPSA) is 55.1 Å². The van der Waals surface area contributed by atoms with Crippen LogP contribution >= 0.6 is 0 Å². The van der Waals surface area contributed by atoms with Crippen LogP contribution in [-0.4, -0.2) is 5.91 Å². The van der Waals surface area contributed by atoms with Crippen molar-refractivity contribution in [1.29, 1.82) is 0 Å². The van der Waals surface area contributed by atoms with Gasteiger partial charge in [-0.2, -0.15) is 0 Å². The molecule has 2 aromatic rings. The van der Waals surface area contributed by atoms with Crippen LogP contribution in [0.2, 0.25) is 0 Å². The van der Waals surface area contributed by atoms with Crippen molar-refractivity contribution >= 4 is 17.3 Å². The van der Waals surface area contributed by atoms with Gasteiger partial charge in [0.25, 0.3) is 0 Å². The van der Waals surface area contributed by atoms with Gasteiger partial charge >= 0.3 is 0 Å². The Balaban J connectivity index is 2.07. The normalized spacial score (nSPS) is 10.2. The van der Waals surface area contributed by atoms with Crippen LogP contribution < -0.4 is 11.1 Å². The predicted molar refractivity (Wildman–Crippen MR) is 79.1 cm³/mol. The number of anilines is 2. The summed E-state index contributed by atoms with van der Waals surface area (Å²) in [5.41, 5.74) is 10.3. The summed E-state index contributed by atoms with van der Waals surface area (Å²) in [6, 6.07) is 13.3. The maximum absolute atomic E-state index is 12.0. The molecule has 2 aromatic carbocycles. The lowest BCUT2D eigenvalue weighted by Crippen LogP contribution is -2.16. The lowest BCUT2D eigenvalue weighted by Gasteiger charge is -2.11. The Labute approximate surface area is 113 Å². The summed E-state index contributed by atoms with van der Waals surface area (Å²) in [5.74, 6) is -0.0119. The highest BCUT2D eigenvalue weighted by atomic mass is 16.1. The molecule has 3 heteroatoms. The summed E-state index contributed by atoms with van der Waals surface area (Å²) in [7, 11) is 0. The summed E-state index contributed by atoms with van der Waals surface area (Å²) in [6.45, 7) is 3.98. The Morgan fingerprint density at radius 2 is 1.63 bits per heavy atom. The Hall–Kier alpha value is -2.29. The monoisotopic (exact) mass is 254 g/mol. The molecule has 0 saturated carbocycles. The number of para-hydroxylation sites is 1. The molecule has 2 rings (SSSR count). The first-order valence-corrected chi connectivity index (χ1v) is 6.27. The Morgan fingerprint density at radius 3 is 2.21 bits per heavy atom. The second kappa shape index (κ2) is 5.57. The maximum Gasteiger partial charge on any atom is 0.228 e. The zero-order valence-electron chi connectivity index (χ0n) is 11.2. The average Bonchev–Trinajstić information content (AvgIpc) is 2.37. The number of nitrogen functional groups attached to an aromatic ring is 1. The quantitative estimate of drug-likeness (QED) is 0.827. The number of nitrogens with one attached hydrogen (secondary N) is 1. The molecule has 0 aliphatic heterocycles. The molecule has 98 valence electrons. The van der Waals surface area contributed by atoms with Gasteiger partial charge in [0.05, 0.1) is 6.42 Å². The number of carbonyl (C=O) groups excluding carboxylic acids is 1. The Bertz CT molecular complexity index is 568. The zero-order valence-corrected chi connectivity index (χ0v) is 11.2. The van der Waals surface area contributed by atoms with Crippen LogP contribution in [0.25, 0.3) is 0 Å². The van der Waals surface area contributed by atoms with Crippen molar-refractivity contribution in [1.82, 2.24) is 0 Å². The third kappa shape index (κ3) is 3.35. The minimum absolute atomic E-state index is 0.0119. The molecule has 3 N–H and O–H groups in total. The SMILES string of the molecule is Cc1cccc(C)c1NC(=O)Cc1ccc(N)cc1. The van der Waals surface area contributed by atoms with E-state index in [1.54, 1.807) is 0 Å². The van der Waals surface area contributed by atoms with E-state index in [0.29, 0.717) is 12.1 Å². The standard InChI is InChI=1S/C16H18N2O/c1-11-4-3-5-12(2)16(11)18-15(19)10-13-6-8-14(17)9-7-13/h3-9H,10,17H2,1-2H3,(H,18,19). The molecular formula is C16H18N2O. The minimum Gasteiger partial charge on any atom is -0.399 e. The summed E-state index contributed by atoms with van der Waals surface area (Å²) in [4.78, 5) is 12.0. The van der Waals surface area contributed by atoms with Crippen molar-refractivity contribution in [3.63, 3.8) is 0 Å². The number of hydrogen-bond acceptors (Lipinski definition) is 2. The molecule has 1 amide bonds. The van der Waals surface area contributed by atoms with Gasteiger partial charge in [0.2, 0.25) is 5.91 Å². The van der Waals surface area contributed by atoms with Crippen molar-refractivity contribution in [2.45, 2.75) is 20.3 Å². The Kier molecular flexibility index (Phi) is 3.85. The van der Waals surface area contributed by atoms with Crippen LogP contribution in [0.15, 0.2) is 42.5 Å². The summed E-state index contributed by atoms with van der Waals surface area (Å²) in [5, 5.41) is 2.97. The van der Waals surface area contributed by atoms with Gasteiger partial charge in [-0.3, -0.25) is 4.79 Å².